The van der Waals surface area contributed by atoms with Crippen molar-refractivity contribution >= 4 is 12.4 Å². The standard InChI is InChI=1S/C16H22F2N2O2.ClH/c1-21-13-3-2-12(14(8-13)22-15(17)18)9-20-7-5-16(11-20)4-6-19-10-16;/h2-3,8,15,19H,4-7,9-11H2,1H3;1H. The summed E-state index contributed by atoms with van der Waals surface area (Å²) >= 11 is 0. The molecule has 2 fully saturated rings. The fourth-order valence-corrected chi connectivity index (χ4v) is 3.55. The first-order chi connectivity index (χ1) is 10.6. The third-order valence-corrected chi connectivity index (χ3v) is 4.73. The quantitative estimate of drug-likeness (QED) is 0.887. The Bertz CT molecular complexity index is 525. The van der Waals surface area contributed by atoms with E-state index in [1.165, 1.54) is 26.0 Å². The molecule has 2 heterocycles. The number of alkyl halides is 2. The number of ether oxygens (including phenoxy) is 2. The van der Waals surface area contributed by atoms with Gasteiger partial charge in [-0.3, -0.25) is 4.90 Å². The van der Waals surface area contributed by atoms with Crippen molar-refractivity contribution in [3.8, 4) is 11.5 Å². The first-order valence-electron chi connectivity index (χ1n) is 7.65. The van der Waals surface area contributed by atoms with E-state index in [0.717, 1.165) is 31.7 Å². The summed E-state index contributed by atoms with van der Waals surface area (Å²) in [6.07, 6.45) is 2.37. The topological polar surface area (TPSA) is 33.7 Å². The zero-order valence-electron chi connectivity index (χ0n) is 13.2. The highest BCUT2D eigenvalue weighted by molar-refractivity contribution is 5.85. The van der Waals surface area contributed by atoms with E-state index in [-0.39, 0.29) is 18.2 Å². The van der Waals surface area contributed by atoms with Crippen molar-refractivity contribution in [2.24, 2.45) is 5.41 Å². The van der Waals surface area contributed by atoms with Gasteiger partial charge in [0.05, 0.1) is 7.11 Å². The number of rotatable bonds is 5. The zero-order valence-corrected chi connectivity index (χ0v) is 14.0. The van der Waals surface area contributed by atoms with Gasteiger partial charge in [0.15, 0.2) is 0 Å². The molecular weight excluding hydrogens is 326 g/mol. The average Bonchev–Trinajstić information content (AvgIpc) is 3.11. The third kappa shape index (κ3) is 4.25. The van der Waals surface area contributed by atoms with Crippen LogP contribution in [0.3, 0.4) is 0 Å². The Morgan fingerprint density at radius 2 is 2.17 bits per heavy atom. The van der Waals surface area contributed by atoms with Gasteiger partial charge in [0.2, 0.25) is 0 Å². The molecule has 1 aromatic rings. The Kier molecular flexibility index (Phi) is 6.06. The molecule has 0 aromatic heterocycles. The Labute approximate surface area is 141 Å². The third-order valence-electron chi connectivity index (χ3n) is 4.73. The number of nitrogens with one attached hydrogen (secondary N) is 1. The van der Waals surface area contributed by atoms with Crippen LogP contribution in [0, 0.1) is 5.41 Å². The van der Waals surface area contributed by atoms with Gasteiger partial charge in [0.25, 0.3) is 0 Å². The Morgan fingerprint density at radius 3 is 2.83 bits per heavy atom. The summed E-state index contributed by atoms with van der Waals surface area (Å²) in [7, 11) is 1.51. The molecule has 4 nitrogen and oxygen atoms in total. The first-order valence-corrected chi connectivity index (χ1v) is 7.65. The second-order valence-corrected chi connectivity index (χ2v) is 6.24. The minimum absolute atomic E-state index is 0. The lowest BCUT2D eigenvalue weighted by molar-refractivity contribution is -0.0508. The van der Waals surface area contributed by atoms with Crippen molar-refractivity contribution in [3.05, 3.63) is 23.8 Å². The number of hydrogen-bond acceptors (Lipinski definition) is 4. The molecule has 0 bridgehead atoms. The van der Waals surface area contributed by atoms with E-state index >= 15 is 0 Å². The van der Waals surface area contributed by atoms with Gasteiger partial charge < -0.3 is 14.8 Å². The van der Waals surface area contributed by atoms with Crippen molar-refractivity contribution < 1.29 is 18.3 Å². The summed E-state index contributed by atoms with van der Waals surface area (Å²) in [5.74, 6) is 0.733. The summed E-state index contributed by atoms with van der Waals surface area (Å²) < 4.78 is 35.0. The predicted octanol–water partition coefficient (Wildman–Crippen LogP) is 2.90. The predicted molar refractivity (Wildman–Crippen MR) is 86.7 cm³/mol. The van der Waals surface area contributed by atoms with Crippen LogP contribution >= 0.6 is 12.4 Å². The minimum Gasteiger partial charge on any atom is -0.497 e. The van der Waals surface area contributed by atoms with Gasteiger partial charge in [-0.2, -0.15) is 8.78 Å². The van der Waals surface area contributed by atoms with Crippen molar-refractivity contribution in [1.82, 2.24) is 10.2 Å². The van der Waals surface area contributed by atoms with Crippen LogP contribution in [-0.4, -0.2) is 44.8 Å². The molecule has 0 saturated carbocycles. The monoisotopic (exact) mass is 348 g/mol. The fraction of sp³-hybridized carbons (Fsp3) is 0.625. The zero-order chi connectivity index (χ0) is 15.6. The van der Waals surface area contributed by atoms with E-state index < -0.39 is 6.61 Å². The molecule has 2 aliphatic rings. The SMILES string of the molecule is COc1ccc(CN2CCC3(CCNC3)C2)c(OC(F)F)c1.Cl. The number of nitrogens with zero attached hydrogens (tertiary/aromatic N) is 1. The molecule has 0 amide bonds. The van der Waals surface area contributed by atoms with Crippen LogP contribution in [-0.2, 0) is 6.54 Å². The van der Waals surface area contributed by atoms with E-state index in [1.807, 2.05) is 6.07 Å². The summed E-state index contributed by atoms with van der Waals surface area (Å²) in [5.41, 5.74) is 1.15. The van der Waals surface area contributed by atoms with E-state index in [4.69, 9.17) is 4.74 Å². The lowest BCUT2D eigenvalue weighted by Gasteiger charge is -2.23. The molecular formula is C16H23ClF2N2O2. The Balaban J connectivity index is 0.00000192. The number of hydrogen-bond donors (Lipinski definition) is 1. The number of halogens is 3. The smallest absolute Gasteiger partial charge is 0.387 e. The molecule has 1 spiro atoms. The molecule has 1 N–H and O–H groups in total. The normalized spacial score (nSPS) is 24.2. The summed E-state index contributed by atoms with van der Waals surface area (Å²) in [6, 6.07) is 5.13. The van der Waals surface area contributed by atoms with Crippen LogP contribution in [0.2, 0.25) is 0 Å². The van der Waals surface area contributed by atoms with Gasteiger partial charge in [-0.15, -0.1) is 12.4 Å². The van der Waals surface area contributed by atoms with E-state index in [9.17, 15) is 8.78 Å². The van der Waals surface area contributed by atoms with Gasteiger partial charge in [-0.1, -0.05) is 6.07 Å². The highest BCUT2D eigenvalue weighted by Crippen LogP contribution is 2.37. The molecule has 2 aliphatic heterocycles. The maximum absolute atomic E-state index is 12.6. The molecule has 1 aromatic carbocycles. The van der Waals surface area contributed by atoms with Crippen LogP contribution < -0.4 is 14.8 Å². The average molecular weight is 349 g/mol. The molecule has 130 valence electrons. The van der Waals surface area contributed by atoms with Gasteiger partial charge in [-0.05, 0) is 37.4 Å². The molecule has 23 heavy (non-hydrogen) atoms. The highest BCUT2D eigenvalue weighted by Gasteiger charge is 2.40. The molecule has 7 heteroatoms. The molecule has 0 radical (unpaired) electrons. The van der Waals surface area contributed by atoms with Crippen LogP contribution in [0.1, 0.15) is 18.4 Å². The van der Waals surface area contributed by atoms with Gasteiger partial charge >= 0.3 is 6.61 Å². The second-order valence-electron chi connectivity index (χ2n) is 6.24. The van der Waals surface area contributed by atoms with E-state index in [2.05, 4.69) is 15.0 Å². The summed E-state index contributed by atoms with van der Waals surface area (Å²) in [4.78, 5) is 2.33. The second kappa shape index (κ2) is 7.64. The lowest BCUT2D eigenvalue weighted by Crippen LogP contribution is -2.29. The molecule has 1 atom stereocenters. The van der Waals surface area contributed by atoms with Crippen molar-refractivity contribution in [2.45, 2.75) is 26.0 Å². The number of benzene rings is 1. The molecule has 0 aliphatic carbocycles. The van der Waals surface area contributed by atoms with Crippen LogP contribution in [0.5, 0.6) is 11.5 Å². The number of methoxy groups -OCH3 is 1. The van der Waals surface area contributed by atoms with Crippen LogP contribution in [0.25, 0.3) is 0 Å². The summed E-state index contributed by atoms with van der Waals surface area (Å²) in [6.45, 7) is 1.97. The Morgan fingerprint density at radius 1 is 1.35 bits per heavy atom. The Hall–Kier alpha value is -1.11. The summed E-state index contributed by atoms with van der Waals surface area (Å²) in [5, 5.41) is 3.42. The van der Waals surface area contributed by atoms with Crippen molar-refractivity contribution in [3.63, 3.8) is 0 Å². The molecule has 2 saturated heterocycles. The largest absolute Gasteiger partial charge is 0.497 e. The first kappa shape index (κ1) is 18.2. The van der Waals surface area contributed by atoms with E-state index in [1.54, 1.807) is 6.07 Å². The number of likely N-dealkylation sites (tertiary alicyclic amines) is 1. The highest BCUT2D eigenvalue weighted by atomic mass is 35.5. The lowest BCUT2D eigenvalue weighted by atomic mass is 9.86. The van der Waals surface area contributed by atoms with Gasteiger partial charge in [-0.25, -0.2) is 0 Å². The van der Waals surface area contributed by atoms with Gasteiger partial charge in [0.1, 0.15) is 11.5 Å². The molecule has 1 unspecified atom stereocenters. The fourth-order valence-electron chi connectivity index (χ4n) is 3.55. The van der Waals surface area contributed by atoms with Crippen LogP contribution in [0.4, 0.5) is 8.78 Å². The van der Waals surface area contributed by atoms with Crippen LogP contribution in [0.15, 0.2) is 18.2 Å². The van der Waals surface area contributed by atoms with Crippen molar-refractivity contribution in [1.29, 1.82) is 0 Å². The van der Waals surface area contributed by atoms with Crippen molar-refractivity contribution in [2.75, 3.05) is 33.3 Å². The maximum atomic E-state index is 12.6. The van der Waals surface area contributed by atoms with E-state index in [0.29, 0.717) is 17.7 Å². The van der Waals surface area contributed by atoms with Gasteiger partial charge in [0, 0.05) is 31.3 Å². The minimum atomic E-state index is -2.82. The molecule has 3 rings (SSSR count). The maximum Gasteiger partial charge on any atom is 0.387 e.